The molecule has 0 amide bonds. The monoisotopic (exact) mass is 204 g/mol. The summed E-state index contributed by atoms with van der Waals surface area (Å²) in [6, 6.07) is 6.90. The molecule has 0 bridgehead atoms. The van der Waals surface area contributed by atoms with E-state index in [2.05, 4.69) is 10.2 Å². The summed E-state index contributed by atoms with van der Waals surface area (Å²) in [6.07, 6.45) is 0. The number of aromatic nitrogens is 2. The lowest BCUT2D eigenvalue weighted by Crippen LogP contribution is -2.05. The van der Waals surface area contributed by atoms with E-state index in [4.69, 9.17) is 9.84 Å². The molecule has 15 heavy (non-hydrogen) atoms. The van der Waals surface area contributed by atoms with Crippen LogP contribution in [0.2, 0.25) is 0 Å². The molecule has 0 aliphatic heterocycles. The van der Waals surface area contributed by atoms with Crippen LogP contribution in [0.5, 0.6) is 5.88 Å². The molecule has 0 saturated carbocycles. The number of nitrogens with zero attached hydrogens (tertiary/aromatic N) is 2. The Morgan fingerprint density at radius 3 is 2.73 bits per heavy atom. The van der Waals surface area contributed by atoms with Gasteiger partial charge in [-0.15, -0.1) is 10.2 Å². The topological polar surface area (TPSA) is 72.3 Å². The van der Waals surface area contributed by atoms with Crippen LogP contribution in [0.25, 0.3) is 10.9 Å². The largest absolute Gasteiger partial charge is 0.479 e. The Hall–Kier alpha value is -2.17. The number of carboxylic acid groups (broad SMARTS) is 1. The second-order valence-electron chi connectivity index (χ2n) is 2.91. The maximum Gasteiger partial charge on any atom is 0.341 e. The van der Waals surface area contributed by atoms with Gasteiger partial charge in [0.15, 0.2) is 0 Å². The van der Waals surface area contributed by atoms with Crippen LogP contribution < -0.4 is 4.74 Å². The fourth-order valence-electron chi connectivity index (χ4n) is 1.39. The van der Waals surface area contributed by atoms with Gasteiger partial charge in [0.25, 0.3) is 0 Å². The summed E-state index contributed by atoms with van der Waals surface area (Å²) in [6.45, 7) is 0. The van der Waals surface area contributed by atoms with Crippen molar-refractivity contribution in [3.05, 3.63) is 29.8 Å². The van der Waals surface area contributed by atoms with Gasteiger partial charge in [-0.05, 0) is 6.07 Å². The first-order chi connectivity index (χ1) is 7.24. The van der Waals surface area contributed by atoms with Crippen molar-refractivity contribution in [3.8, 4) is 5.88 Å². The Labute approximate surface area is 85.3 Å². The van der Waals surface area contributed by atoms with Gasteiger partial charge >= 0.3 is 5.97 Å². The van der Waals surface area contributed by atoms with E-state index in [0.29, 0.717) is 10.9 Å². The number of fused-ring (bicyclic) bond motifs is 1. The summed E-state index contributed by atoms with van der Waals surface area (Å²) in [4.78, 5) is 11.0. The molecular weight excluding hydrogens is 196 g/mol. The number of hydrogen-bond acceptors (Lipinski definition) is 4. The van der Waals surface area contributed by atoms with Gasteiger partial charge in [0, 0.05) is 5.39 Å². The summed E-state index contributed by atoms with van der Waals surface area (Å²) in [5.41, 5.74) is 0.582. The Kier molecular flexibility index (Phi) is 2.21. The van der Waals surface area contributed by atoms with Crippen molar-refractivity contribution in [2.24, 2.45) is 0 Å². The lowest BCUT2D eigenvalue weighted by molar-refractivity contribution is 0.0694. The highest BCUT2D eigenvalue weighted by Crippen LogP contribution is 2.23. The second kappa shape index (κ2) is 3.53. The summed E-state index contributed by atoms with van der Waals surface area (Å²) in [7, 11) is 1.37. The summed E-state index contributed by atoms with van der Waals surface area (Å²) in [5.74, 6) is -1.04. The van der Waals surface area contributed by atoms with Crippen LogP contribution in [0.4, 0.5) is 0 Å². The minimum absolute atomic E-state index is 0.0289. The summed E-state index contributed by atoms with van der Waals surface area (Å²) < 4.78 is 4.86. The highest BCUT2D eigenvalue weighted by molar-refractivity contribution is 6.04. The van der Waals surface area contributed by atoms with Crippen LogP contribution in [-0.2, 0) is 0 Å². The van der Waals surface area contributed by atoms with Crippen molar-refractivity contribution in [1.82, 2.24) is 10.2 Å². The van der Waals surface area contributed by atoms with Gasteiger partial charge in [-0.2, -0.15) is 0 Å². The fourth-order valence-corrected chi connectivity index (χ4v) is 1.39. The average molecular weight is 204 g/mol. The zero-order valence-corrected chi connectivity index (χ0v) is 7.97. The molecule has 76 valence electrons. The Balaban J connectivity index is 2.85. The summed E-state index contributed by atoms with van der Waals surface area (Å²) >= 11 is 0. The third-order valence-electron chi connectivity index (χ3n) is 2.04. The van der Waals surface area contributed by atoms with Crippen molar-refractivity contribution in [2.75, 3.05) is 7.11 Å². The van der Waals surface area contributed by atoms with Gasteiger partial charge < -0.3 is 9.84 Å². The molecule has 1 N–H and O–H groups in total. The van der Waals surface area contributed by atoms with Crippen LogP contribution in [0.15, 0.2) is 24.3 Å². The molecule has 0 fully saturated rings. The molecule has 2 rings (SSSR count). The van der Waals surface area contributed by atoms with E-state index < -0.39 is 5.97 Å². The molecule has 5 nitrogen and oxygen atoms in total. The third kappa shape index (κ3) is 1.48. The van der Waals surface area contributed by atoms with Crippen LogP contribution in [0, 0.1) is 0 Å². The van der Waals surface area contributed by atoms with Crippen LogP contribution >= 0.6 is 0 Å². The SMILES string of the molecule is COc1nnc2ccccc2c1C(=O)O. The van der Waals surface area contributed by atoms with Gasteiger partial charge in [0.1, 0.15) is 5.56 Å². The van der Waals surface area contributed by atoms with E-state index in [1.165, 1.54) is 7.11 Å². The molecule has 1 heterocycles. The van der Waals surface area contributed by atoms with Crippen molar-refractivity contribution >= 4 is 16.9 Å². The maximum absolute atomic E-state index is 11.0. The Bertz CT molecular complexity index is 525. The molecule has 1 aromatic heterocycles. The van der Waals surface area contributed by atoms with Crippen LogP contribution in [0.3, 0.4) is 0 Å². The summed E-state index contributed by atoms with van der Waals surface area (Å²) in [5, 5.41) is 17.1. The first-order valence-electron chi connectivity index (χ1n) is 4.26. The number of carboxylic acids is 1. The van der Waals surface area contributed by atoms with E-state index >= 15 is 0 Å². The quantitative estimate of drug-likeness (QED) is 0.799. The highest BCUT2D eigenvalue weighted by Gasteiger charge is 2.17. The van der Waals surface area contributed by atoms with Crippen LogP contribution in [-0.4, -0.2) is 28.4 Å². The molecule has 5 heteroatoms. The van der Waals surface area contributed by atoms with Gasteiger partial charge in [-0.1, -0.05) is 18.2 Å². The van der Waals surface area contributed by atoms with E-state index in [-0.39, 0.29) is 11.4 Å². The molecule has 0 unspecified atom stereocenters. The minimum atomic E-state index is -1.07. The molecular formula is C10H8N2O3. The van der Waals surface area contributed by atoms with E-state index in [0.717, 1.165) is 0 Å². The molecule has 0 saturated heterocycles. The number of ether oxygens (including phenoxy) is 1. The first kappa shape index (κ1) is 9.39. The smallest absolute Gasteiger partial charge is 0.341 e. The number of benzene rings is 1. The lowest BCUT2D eigenvalue weighted by Gasteiger charge is -2.05. The van der Waals surface area contributed by atoms with Gasteiger partial charge in [0.05, 0.1) is 12.6 Å². The normalized spacial score (nSPS) is 10.2. The van der Waals surface area contributed by atoms with Gasteiger partial charge in [-0.25, -0.2) is 4.79 Å². The molecule has 0 atom stereocenters. The number of methoxy groups -OCH3 is 1. The molecule has 0 spiro atoms. The molecule has 0 aliphatic carbocycles. The highest BCUT2D eigenvalue weighted by atomic mass is 16.5. The average Bonchev–Trinajstić information content (AvgIpc) is 2.27. The van der Waals surface area contributed by atoms with Crippen molar-refractivity contribution < 1.29 is 14.6 Å². The molecule has 0 radical (unpaired) electrons. The lowest BCUT2D eigenvalue weighted by atomic mass is 10.1. The Morgan fingerprint density at radius 1 is 1.33 bits per heavy atom. The standard InChI is InChI=1S/C10H8N2O3/c1-15-9-8(10(13)14)6-4-2-3-5-7(6)11-12-9/h2-5H,1H3,(H,13,14). The molecule has 0 aliphatic rings. The van der Waals surface area contributed by atoms with Gasteiger partial charge in [-0.3, -0.25) is 0 Å². The number of carbonyl (C=O) groups is 1. The predicted molar refractivity (Wildman–Crippen MR) is 53.0 cm³/mol. The van der Waals surface area contributed by atoms with Gasteiger partial charge in [0.2, 0.25) is 5.88 Å². The van der Waals surface area contributed by atoms with Crippen LogP contribution in [0.1, 0.15) is 10.4 Å². The predicted octanol–water partition coefficient (Wildman–Crippen LogP) is 1.34. The van der Waals surface area contributed by atoms with E-state index in [1.807, 2.05) is 0 Å². The minimum Gasteiger partial charge on any atom is -0.479 e. The number of hydrogen-bond donors (Lipinski definition) is 1. The third-order valence-corrected chi connectivity index (χ3v) is 2.04. The van der Waals surface area contributed by atoms with Crippen molar-refractivity contribution in [3.63, 3.8) is 0 Å². The van der Waals surface area contributed by atoms with Crippen molar-refractivity contribution in [1.29, 1.82) is 0 Å². The van der Waals surface area contributed by atoms with E-state index in [1.54, 1.807) is 24.3 Å². The van der Waals surface area contributed by atoms with Crippen molar-refractivity contribution in [2.45, 2.75) is 0 Å². The fraction of sp³-hybridized carbons (Fsp3) is 0.100. The number of aromatic carboxylic acids is 1. The maximum atomic E-state index is 11.0. The van der Waals surface area contributed by atoms with E-state index in [9.17, 15) is 4.79 Å². The zero-order valence-electron chi connectivity index (χ0n) is 7.97. The molecule has 2 aromatic rings. The number of rotatable bonds is 2. The zero-order chi connectivity index (χ0) is 10.8. The first-order valence-corrected chi connectivity index (χ1v) is 4.26. The second-order valence-corrected chi connectivity index (χ2v) is 2.91. The Morgan fingerprint density at radius 2 is 2.07 bits per heavy atom. The molecule has 1 aromatic carbocycles.